The van der Waals surface area contributed by atoms with Crippen LogP contribution in [0.2, 0.25) is 0 Å². The van der Waals surface area contributed by atoms with Crippen molar-refractivity contribution in [3.63, 3.8) is 0 Å². The van der Waals surface area contributed by atoms with E-state index < -0.39 is 0 Å². The molecule has 0 saturated heterocycles. The monoisotopic (exact) mass is 204 g/mol. The summed E-state index contributed by atoms with van der Waals surface area (Å²) >= 11 is 0. The van der Waals surface area contributed by atoms with Gasteiger partial charge in [-0.05, 0) is 19.9 Å². The molecule has 2 rings (SSSR count). The maximum atomic E-state index is 11.7. The van der Waals surface area contributed by atoms with E-state index in [4.69, 9.17) is 4.74 Å². The Morgan fingerprint density at radius 2 is 2.40 bits per heavy atom. The Labute approximate surface area is 87.3 Å². The molecule has 15 heavy (non-hydrogen) atoms. The van der Waals surface area contributed by atoms with E-state index in [1.54, 1.807) is 19.3 Å². The highest BCUT2D eigenvalue weighted by molar-refractivity contribution is 6.05. The quantitative estimate of drug-likeness (QED) is 0.761. The number of aromatic amines is 1. The minimum Gasteiger partial charge on any atom is -0.462 e. The molecule has 4 heteroatoms. The van der Waals surface area contributed by atoms with Gasteiger partial charge >= 0.3 is 5.97 Å². The minimum atomic E-state index is -0.297. The summed E-state index contributed by atoms with van der Waals surface area (Å²) in [7, 11) is 0. The highest BCUT2D eigenvalue weighted by Crippen LogP contribution is 2.21. The van der Waals surface area contributed by atoms with Gasteiger partial charge in [0.2, 0.25) is 0 Å². The number of rotatable bonds is 2. The summed E-state index contributed by atoms with van der Waals surface area (Å²) in [5.41, 5.74) is 2.31. The largest absolute Gasteiger partial charge is 0.462 e. The summed E-state index contributed by atoms with van der Waals surface area (Å²) < 4.78 is 4.99. The number of hydrogen-bond donors (Lipinski definition) is 1. The Kier molecular flexibility index (Phi) is 2.41. The van der Waals surface area contributed by atoms with E-state index in [0.29, 0.717) is 12.2 Å². The van der Waals surface area contributed by atoms with Crippen LogP contribution in [-0.2, 0) is 4.74 Å². The molecule has 0 bridgehead atoms. The maximum Gasteiger partial charge on any atom is 0.340 e. The second kappa shape index (κ2) is 3.73. The van der Waals surface area contributed by atoms with Crippen LogP contribution in [0.3, 0.4) is 0 Å². The zero-order valence-electron chi connectivity index (χ0n) is 8.70. The van der Waals surface area contributed by atoms with Crippen LogP contribution in [-0.4, -0.2) is 22.5 Å². The van der Waals surface area contributed by atoms with E-state index in [9.17, 15) is 4.79 Å². The number of aryl methyl sites for hydroxylation is 1. The molecule has 2 aromatic rings. The number of ether oxygens (including phenoxy) is 1. The summed E-state index contributed by atoms with van der Waals surface area (Å²) in [4.78, 5) is 18.8. The Bertz CT molecular complexity index is 502. The molecular formula is C11H12N2O2. The van der Waals surface area contributed by atoms with Crippen LogP contribution in [0.1, 0.15) is 23.0 Å². The van der Waals surface area contributed by atoms with Crippen molar-refractivity contribution < 1.29 is 9.53 Å². The second-order valence-corrected chi connectivity index (χ2v) is 3.27. The van der Waals surface area contributed by atoms with Crippen LogP contribution in [0.4, 0.5) is 0 Å². The molecule has 0 amide bonds. The highest BCUT2D eigenvalue weighted by atomic mass is 16.5. The molecule has 0 aliphatic heterocycles. The van der Waals surface area contributed by atoms with E-state index >= 15 is 0 Å². The lowest BCUT2D eigenvalue weighted by molar-refractivity contribution is 0.0528. The number of carbonyl (C=O) groups excluding carboxylic acids is 1. The molecule has 2 aromatic heterocycles. The van der Waals surface area contributed by atoms with Crippen molar-refractivity contribution in [3.8, 4) is 0 Å². The molecule has 0 atom stereocenters. The molecule has 0 aromatic carbocycles. The average Bonchev–Trinajstić information content (AvgIpc) is 2.54. The van der Waals surface area contributed by atoms with Crippen molar-refractivity contribution in [2.75, 3.05) is 6.61 Å². The number of pyridine rings is 1. The summed E-state index contributed by atoms with van der Waals surface area (Å²) in [5, 5.41) is 0.813. The SMILES string of the molecule is CCOC(=O)c1c(C)[nH]c2ccncc12. The number of fused-ring (bicyclic) bond motifs is 1. The minimum absolute atomic E-state index is 0.297. The predicted molar refractivity (Wildman–Crippen MR) is 56.8 cm³/mol. The van der Waals surface area contributed by atoms with E-state index in [-0.39, 0.29) is 5.97 Å². The predicted octanol–water partition coefficient (Wildman–Crippen LogP) is 2.05. The first-order chi connectivity index (χ1) is 7.24. The van der Waals surface area contributed by atoms with E-state index in [1.165, 1.54) is 0 Å². The number of carbonyl (C=O) groups is 1. The molecule has 2 heterocycles. The van der Waals surface area contributed by atoms with Crippen LogP contribution < -0.4 is 0 Å². The number of hydrogen-bond acceptors (Lipinski definition) is 3. The van der Waals surface area contributed by atoms with Gasteiger partial charge in [-0.1, -0.05) is 0 Å². The lowest BCUT2D eigenvalue weighted by Crippen LogP contribution is -2.05. The van der Waals surface area contributed by atoms with E-state index in [0.717, 1.165) is 16.6 Å². The fourth-order valence-electron chi connectivity index (χ4n) is 1.64. The van der Waals surface area contributed by atoms with Gasteiger partial charge in [0, 0.05) is 29.0 Å². The highest BCUT2D eigenvalue weighted by Gasteiger charge is 2.16. The number of H-pyrrole nitrogens is 1. The Balaban J connectivity index is 2.58. The van der Waals surface area contributed by atoms with Crippen molar-refractivity contribution >= 4 is 16.9 Å². The van der Waals surface area contributed by atoms with Crippen molar-refractivity contribution in [2.24, 2.45) is 0 Å². The van der Waals surface area contributed by atoms with Crippen LogP contribution in [0, 0.1) is 6.92 Å². The number of nitrogens with one attached hydrogen (secondary N) is 1. The van der Waals surface area contributed by atoms with Gasteiger partial charge in [-0.3, -0.25) is 4.98 Å². The molecule has 0 unspecified atom stereocenters. The molecule has 78 valence electrons. The van der Waals surface area contributed by atoms with Gasteiger partial charge < -0.3 is 9.72 Å². The van der Waals surface area contributed by atoms with Crippen molar-refractivity contribution in [1.82, 2.24) is 9.97 Å². The summed E-state index contributed by atoms with van der Waals surface area (Å²) in [5.74, 6) is -0.297. The first kappa shape index (κ1) is 9.71. The third-order valence-corrected chi connectivity index (χ3v) is 2.27. The maximum absolute atomic E-state index is 11.7. The van der Waals surface area contributed by atoms with Crippen LogP contribution in [0.15, 0.2) is 18.5 Å². The first-order valence-corrected chi connectivity index (χ1v) is 4.83. The summed E-state index contributed by atoms with van der Waals surface area (Å²) in [6.45, 7) is 4.03. The fraction of sp³-hybridized carbons (Fsp3) is 0.273. The first-order valence-electron chi connectivity index (χ1n) is 4.83. The Morgan fingerprint density at radius 1 is 1.60 bits per heavy atom. The van der Waals surface area contributed by atoms with Gasteiger partial charge in [0.15, 0.2) is 0 Å². The van der Waals surface area contributed by atoms with Crippen LogP contribution in [0.5, 0.6) is 0 Å². The molecule has 0 radical (unpaired) electrons. The number of nitrogens with zero attached hydrogens (tertiary/aromatic N) is 1. The molecular weight excluding hydrogens is 192 g/mol. The summed E-state index contributed by atoms with van der Waals surface area (Å²) in [6, 6.07) is 1.84. The third kappa shape index (κ3) is 1.58. The number of aromatic nitrogens is 2. The molecule has 0 aliphatic rings. The van der Waals surface area contributed by atoms with Crippen molar-refractivity contribution in [3.05, 3.63) is 29.7 Å². The fourth-order valence-corrected chi connectivity index (χ4v) is 1.64. The van der Waals surface area contributed by atoms with Gasteiger partial charge in [-0.25, -0.2) is 4.79 Å². The lowest BCUT2D eigenvalue weighted by atomic mass is 10.2. The molecule has 0 fully saturated rings. The molecule has 0 saturated carbocycles. The smallest absolute Gasteiger partial charge is 0.340 e. The standard InChI is InChI=1S/C11H12N2O2/c1-3-15-11(14)10-7(2)13-9-4-5-12-6-8(9)10/h4-6,13H,3H2,1-2H3. The normalized spacial score (nSPS) is 10.5. The van der Waals surface area contributed by atoms with Gasteiger partial charge in [-0.15, -0.1) is 0 Å². The Hall–Kier alpha value is -1.84. The summed E-state index contributed by atoms with van der Waals surface area (Å²) in [6.07, 6.45) is 3.36. The lowest BCUT2D eigenvalue weighted by Gasteiger charge is -2.00. The van der Waals surface area contributed by atoms with Gasteiger partial charge in [0.05, 0.1) is 12.2 Å². The van der Waals surface area contributed by atoms with Gasteiger partial charge in [-0.2, -0.15) is 0 Å². The van der Waals surface area contributed by atoms with Crippen molar-refractivity contribution in [2.45, 2.75) is 13.8 Å². The zero-order valence-corrected chi connectivity index (χ0v) is 8.70. The molecule has 0 spiro atoms. The van der Waals surface area contributed by atoms with E-state index in [2.05, 4.69) is 9.97 Å². The molecule has 4 nitrogen and oxygen atoms in total. The number of esters is 1. The molecule has 0 aliphatic carbocycles. The van der Waals surface area contributed by atoms with Crippen LogP contribution in [0.25, 0.3) is 10.9 Å². The van der Waals surface area contributed by atoms with Gasteiger partial charge in [0.1, 0.15) is 0 Å². The van der Waals surface area contributed by atoms with E-state index in [1.807, 2.05) is 13.0 Å². The zero-order chi connectivity index (χ0) is 10.8. The second-order valence-electron chi connectivity index (χ2n) is 3.27. The Morgan fingerprint density at radius 3 is 3.13 bits per heavy atom. The average molecular weight is 204 g/mol. The van der Waals surface area contributed by atoms with Crippen LogP contribution >= 0.6 is 0 Å². The topological polar surface area (TPSA) is 55.0 Å². The van der Waals surface area contributed by atoms with Gasteiger partial charge in [0.25, 0.3) is 0 Å². The third-order valence-electron chi connectivity index (χ3n) is 2.27. The molecule has 1 N–H and O–H groups in total. The van der Waals surface area contributed by atoms with Crippen molar-refractivity contribution in [1.29, 1.82) is 0 Å².